The average Bonchev–Trinajstić information content (AvgIpc) is 3.16. The third kappa shape index (κ3) is 2.04. The van der Waals surface area contributed by atoms with Crippen molar-refractivity contribution < 1.29 is 19.1 Å². The van der Waals surface area contributed by atoms with E-state index in [-0.39, 0.29) is 23.8 Å². The Morgan fingerprint density at radius 3 is 2.73 bits per heavy atom. The standard InChI is InChI=1S/C19H23N3O4/c1-10-6-4-7-12-15(10)20-18(25)19(12)14-13(11(2)21-19)16(23)22(17(14)24)8-5-9-26-3/h4,6-7,11,13-14,21H,5,8-9H2,1-3H3,(H,20,25). The van der Waals surface area contributed by atoms with Gasteiger partial charge in [0.15, 0.2) is 0 Å². The molecule has 7 heteroatoms. The molecule has 3 aliphatic rings. The molecule has 3 amide bonds. The van der Waals surface area contributed by atoms with Crippen LogP contribution in [-0.2, 0) is 24.7 Å². The Labute approximate surface area is 152 Å². The first-order valence-electron chi connectivity index (χ1n) is 8.97. The van der Waals surface area contributed by atoms with Crippen LogP contribution in [-0.4, -0.2) is 48.9 Å². The minimum absolute atomic E-state index is 0.193. The lowest BCUT2D eigenvalue weighted by atomic mass is 9.76. The van der Waals surface area contributed by atoms with E-state index >= 15 is 0 Å². The summed E-state index contributed by atoms with van der Waals surface area (Å²) >= 11 is 0. The number of fused-ring (bicyclic) bond motifs is 4. The van der Waals surface area contributed by atoms with E-state index < -0.39 is 17.4 Å². The van der Waals surface area contributed by atoms with Gasteiger partial charge in [-0.25, -0.2) is 0 Å². The summed E-state index contributed by atoms with van der Waals surface area (Å²) in [6, 6.07) is 5.41. The number of imide groups is 1. The van der Waals surface area contributed by atoms with Crippen LogP contribution in [0.5, 0.6) is 0 Å². The zero-order valence-electron chi connectivity index (χ0n) is 15.2. The quantitative estimate of drug-likeness (QED) is 0.614. The Kier molecular flexibility index (Phi) is 3.89. The van der Waals surface area contributed by atoms with Gasteiger partial charge in [-0.15, -0.1) is 0 Å². The molecule has 3 aliphatic heterocycles. The molecule has 7 nitrogen and oxygen atoms in total. The van der Waals surface area contributed by atoms with Gasteiger partial charge in [0.1, 0.15) is 5.54 Å². The van der Waals surface area contributed by atoms with E-state index in [9.17, 15) is 14.4 Å². The van der Waals surface area contributed by atoms with Crippen LogP contribution in [0.1, 0.15) is 24.5 Å². The van der Waals surface area contributed by atoms with Gasteiger partial charge in [0.05, 0.1) is 11.8 Å². The number of amides is 3. The summed E-state index contributed by atoms with van der Waals surface area (Å²) in [6.45, 7) is 4.60. The van der Waals surface area contributed by atoms with Crippen molar-refractivity contribution in [3.63, 3.8) is 0 Å². The number of aryl methyl sites for hydroxylation is 1. The topological polar surface area (TPSA) is 87.7 Å². The van der Waals surface area contributed by atoms with E-state index in [0.29, 0.717) is 19.6 Å². The van der Waals surface area contributed by atoms with Crippen LogP contribution in [0.2, 0.25) is 0 Å². The number of carbonyl (C=O) groups excluding carboxylic acids is 3. The van der Waals surface area contributed by atoms with Crippen molar-refractivity contribution in [1.29, 1.82) is 0 Å². The molecule has 26 heavy (non-hydrogen) atoms. The van der Waals surface area contributed by atoms with Crippen molar-refractivity contribution in [3.05, 3.63) is 29.3 Å². The first kappa shape index (κ1) is 17.2. The van der Waals surface area contributed by atoms with Gasteiger partial charge in [0, 0.05) is 37.6 Å². The van der Waals surface area contributed by atoms with Gasteiger partial charge in [-0.3, -0.25) is 24.6 Å². The van der Waals surface area contributed by atoms with Crippen LogP contribution < -0.4 is 10.6 Å². The van der Waals surface area contributed by atoms with E-state index in [0.717, 1.165) is 16.8 Å². The fraction of sp³-hybridized carbons (Fsp3) is 0.526. The second-order valence-corrected chi connectivity index (χ2v) is 7.37. The van der Waals surface area contributed by atoms with Crippen molar-refractivity contribution >= 4 is 23.4 Å². The molecule has 1 aromatic carbocycles. The fourth-order valence-electron chi connectivity index (χ4n) is 4.78. The summed E-state index contributed by atoms with van der Waals surface area (Å²) in [6.07, 6.45) is 0.587. The van der Waals surface area contributed by atoms with Gasteiger partial charge in [-0.1, -0.05) is 18.2 Å². The molecule has 138 valence electrons. The molecule has 0 aromatic heterocycles. The average molecular weight is 357 g/mol. The summed E-state index contributed by atoms with van der Waals surface area (Å²) in [4.78, 5) is 40.5. The second-order valence-electron chi connectivity index (χ2n) is 7.37. The third-order valence-electron chi connectivity index (χ3n) is 5.93. The Morgan fingerprint density at radius 1 is 1.23 bits per heavy atom. The number of methoxy groups -OCH3 is 1. The maximum absolute atomic E-state index is 13.2. The number of ether oxygens (including phenoxy) is 1. The van der Waals surface area contributed by atoms with Gasteiger partial charge < -0.3 is 10.1 Å². The minimum Gasteiger partial charge on any atom is -0.385 e. The number of para-hydroxylation sites is 1. The molecule has 0 aliphatic carbocycles. The SMILES string of the molecule is COCCCN1C(=O)C2C(C)NC3(C(=O)Nc4c(C)cccc43)C2C1=O. The van der Waals surface area contributed by atoms with Crippen LogP contribution >= 0.6 is 0 Å². The highest BCUT2D eigenvalue weighted by Gasteiger charge is 2.69. The van der Waals surface area contributed by atoms with Crippen LogP contribution in [0.25, 0.3) is 0 Å². The predicted molar refractivity (Wildman–Crippen MR) is 94.3 cm³/mol. The maximum Gasteiger partial charge on any atom is 0.250 e. The first-order chi connectivity index (χ1) is 12.4. The van der Waals surface area contributed by atoms with Crippen molar-refractivity contribution in [2.75, 3.05) is 25.6 Å². The molecule has 2 N–H and O–H groups in total. The fourth-order valence-corrected chi connectivity index (χ4v) is 4.78. The van der Waals surface area contributed by atoms with Gasteiger partial charge in [-0.2, -0.15) is 0 Å². The highest BCUT2D eigenvalue weighted by Crippen LogP contribution is 2.53. The summed E-state index contributed by atoms with van der Waals surface area (Å²) < 4.78 is 5.03. The normalized spacial score (nSPS) is 32.3. The van der Waals surface area contributed by atoms with E-state index in [2.05, 4.69) is 10.6 Å². The number of nitrogens with one attached hydrogen (secondary N) is 2. The predicted octanol–water partition coefficient (Wildman–Crippen LogP) is 0.772. The van der Waals surface area contributed by atoms with Crippen molar-refractivity contribution in [2.45, 2.75) is 31.8 Å². The lowest BCUT2D eigenvalue weighted by Crippen LogP contribution is -2.53. The summed E-state index contributed by atoms with van der Waals surface area (Å²) in [5.41, 5.74) is 1.28. The van der Waals surface area contributed by atoms with E-state index in [4.69, 9.17) is 4.74 Å². The van der Waals surface area contributed by atoms with Crippen molar-refractivity contribution in [3.8, 4) is 0 Å². The van der Waals surface area contributed by atoms with Crippen LogP contribution in [0.15, 0.2) is 18.2 Å². The number of hydrogen-bond acceptors (Lipinski definition) is 5. The Bertz CT molecular complexity index is 808. The summed E-state index contributed by atoms with van der Waals surface area (Å²) in [7, 11) is 1.59. The molecule has 3 heterocycles. The monoisotopic (exact) mass is 357 g/mol. The molecular formula is C19H23N3O4. The number of anilines is 1. The van der Waals surface area contributed by atoms with E-state index in [1.165, 1.54) is 4.90 Å². The number of nitrogens with zero attached hydrogens (tertiary/aromatic N) is 1. The third-order valence-corrected chi connectivity index (χ3v) is 5.93. The molecule has 4 atom stereocenters. The maximum atomic E-state index is 13.2. The molecule has 0 saturated carbocycles. The molecule has 2 saturated heterocycles. The molecule has 4 rings (SSSR count). The van der Waals surface area contributed by atoms with Crippen LogP contribution in [0, 0.1) is 18.8 Å². The number of rotatable bonds is 4. The van der Waals surface area contributed by atoms with Crippen LogP contribution in [0.4, 0.5) is 5.69 Å². The zero-order chi connectivity index (χ0) is 18.6. The molecule has 0 bridgehead atoms. The number of hydrogen-bond donors (Lipinski definition) is 2. The number of carbonyl (C=O) groups is 3. The molecule has 0 radical (unpaired) electrons. The highest BCUT2D eigenvalue weighted by molar-refractivity contribution is 6.15. The minimum atomic E-state index is -1.17. The molecule has 1 aromatic rings. The summed E-state index contributed by atoms with van der Waals surface area (Å²) in [5.74, 6) is -1.95. The molecule has 1 spiro atoms. The lowest BCUT2D eigenvalue weighted by Gasteiger charge is -2.29. The van der Waals surface area contributed by atoms with Gasteiger partial charge in [0.25, 0.3) is 0 Å². The smallest absolute Gasteiger partial charge is 0.250 e. The van der Waals surface area contributed by atoms with Gasteiger partial charge in [0.2, 0.25) is 17.7 Å². The Morgan fingerprint density at radius 2 is 2.00 bits per heavy atom. The largest absolute Gasteiger partial charge is 0.385 e. The van der Waals surface area contributed by atoms with Crippen molar-refractivity contribution in [2.24, 2.45) is 11.8 Å². The molecular weight excluding hydrogens is 334 g/mol. The first-order valence-corrected chi connectivity index (χ1v) is 8.97. The van der Waals surface area contributed by atoms with Gasteiger partial charge >= 0.3 is 0 Å². The van der Waals surface area contributed by atoms with Crippen molar-refractivity contribution in [1.82, 2.24) is 10.2 Å². The zero-order valence-corrected chi connectivity index (χ0v) is 15.2. The van der Waals surface area contributed by atoms with E-state index in [1.54, 1.807) is 7.11 Å². The van der Waals surface area contributed by atoms with Crippen LogP contribution in [0.3, 0.4) is 0 Å². The lowest BCUT2D eigenvalue weighted by molar-refractivity contribution is -0.143. The molecule has 2 fully saturated rings. The van der Waals surface area contributed by atoms with Gasteiger partial charge in [-0.05, 0) is 25.8 Å². The highest BCUT2D eigenvalue weighted by atomic mass is 16.5. The Hall–Kier alpha value is -2.25. The summed E-state index contributed by atoms with van der Waals surface area (Å²) in [5, 5.41) is 6.24. The number of likely N-dealkylation sites (tertiary alicyclic amines) is 1. The number of benzene rings is 1. The second kappa shape index (κ2) is 5.89. The van der Waals surface area contributed by atoms with E-state index in [1.807, 2.05) is 32.0 Å². The molecule has 4 unspecified atom stereocenters. The Balaban J connectivity index is 1.77.